The van der Waals surface area contributed by atoms with Crippen LogP contribution in [0.5, 0.6) is 0 Å². The van der Waals surface area contributed by atoms with Crippen molar-refractivity contribution in [2.24, 2.45) is 11.8 Å². The van der Waals surface area contributed by atoms with E-state index in [9.17, 15) is 5.11 Å². The predicted molar refractivity (Wildman–Crippen MR) is 39.5 cm³/mol. The summed E-state index contributed by atoms with van der Waals surface area (Å²) in [6, 6.07) is 0. The third-order valence-corrected chi connectivity index (χ3v) is 2.58. The smallest absolute Gasteiger partial charge is 0.157 e. The van der Waals surface area contributed by atoms with Crippen LogP contribution < -0.4 is 0 Å². The van der Waals surface area contributed by atoms with Crippen LogP contribution in [0.25, 0.3) is 0 Å². The van der Waals surface area contributed by atoms with Gasteiger partial charge in [-0.15, -0.1) is 0 Å². The van der Waals surface area contributed by atoms with Gasteiger partial charge in [0, 0.05) is 50.0 Å². The molecule has 1 N–H and O–H groups in total. The van der Waals surface area contributed by atoms with Gasteiger partial charge < -0.3 is 9.84 Å². The van der Waals surface area contributed by atoms with Crippen LogP contribution >= 0.6 is 0 Å². The maximum Gasteiger partial charge on any atom is 0.157 e. The van der Waals surface area contributed by atoms with E-state index in [2.05, 4.69) is 13.8 Å². The molecule has 2 unspecified atom stereocenters. The van der Waals surface area contributed by atoms with Crippen LogP contribution in [0.3, 0.4) is 0 Å². The summed E-state index contributed by atoms with van der Waals surface area (Å²) < 4.78 is 5.29. The Kier molecular flexibility index (Phi) is 5.81. The molecule has 0 aromatic heterocycles. The topological polar surface area (TPSA) is 29.5 Å². The monoisotopic (exact) mass is 371 g/mol. The molecule has 2 nitrogen and oxygen atoms in total. The Hall–Kier alpha value is 1.36. The molecule has 63 valence electrons. The fourth-order valence-electron chi connectivity index (χ4n) is 1.49. The van der Waals surface area contributed by atoms with Gasteiger partial charge in [0.05, 0.1) is 6.10 Å². The van der Waals surface area contributed by atoms with Crippen LogP contribution in [0, 0.1) is 55.9 Å². The fourth-order valence-corrected chi connectivity index (χ4v) is 1.49. The van der Waals surface area contributed by atoms with E-state index in [1.54, 1.807) is 0 Å². The van der Waals surface area contributed by atoms with Gasteiger partial charge in [0.15, 0.2) is 6.29 Å². The van der Waals surface area contributed by atoms with Gasteiger partial charge in [-0.05, 0) is 12.3 Å². The Morgan fingerprint density at radius 1 is 1.27 bits per heavy atom. The Morgan fingerprint density at radius 3 is 2.00 bits per heavy atom. The average molecular weight is 371 g/mol. The molecule has 1 heterocycles. The van der Waals surface area contributed by atoms with Gasteiger partial charge in [-0.2, -0.15) is 0 Å². The van der Waals surface area contributed by atoms with Crippen LogP contribution in [0.4, 0.5) is 0 Å². The molecule has 0 spiro atoms. The minimum absolute atomic E-state index is 0. The van der Waals surface area contributed by atoms with E-state index in [1.165, 1.54) is 0 Å². The number of aliphatic hydroxyl groups excluding tert-OH is 1. The Labute approximate surface area is 104 Å². The van der Waals surface area contributed by atoms with Gasteiger partial charge in [-0.1, -0.05) is 20.8 Å². The van der Waals surface area contributed by atoms with Crippen molar-refractivity contribution < 1.29 is 53.9 Å². The van der Waals surface area contributed by atoms with Crippen molar-refractivity contribution in [1.82, 2.24) is 0 Å². The third-order valence-electron chi connectivity index (χ3n) is 2.58. The molecule has 0 aromatic rings. The van der Waals surface area contributed by atoms with E-state index in [0.717, 1.165) is 6.42 Å². The minimum atomic E-state index is -0.528. The molecular formula is C8H16AcO2. The molecule has 0 bridgehead atoms. The summed E-state index contributed by atoms with van der Waals surface area (Å²) in [6.07, 6.45) is 0.743. The Balaban J connectivity index is 0.000001000. The molecule has 1 fully saturated rings. The zero-order chi connectivity index (χ0) is 7.72. The summed E-state index contributed by atoms with van der Waals surface area (Å²) in [5.41, 5.74) is 0. The van der Waals surface area contributed by atoms with Gasteiger partial charge in [-0.3, -0.25) is 0 Å². The predicted octanol–water partition coefficient (Wildman–Crippen LogP) is 1.39. The molecule has 0 saturated carbocycles. The SMILES string of the molecule is CC[C@@H]1O[C@H](O)C(C)C1C.[Ac]. The second kappa shape index (κ2) is 5.17. The van der Waals surface area contributed by atoms with Crippen molar-refractivity contribution in [3.05, 3.63) is 0 Å². The van der Waals surface area contributed by atoms with E-state index < -0.39 is 6.29 Å². The molecule has 1 rings (SSSR count). The van der Waals surface area contributed by atoms with Crippen molar-refractivity contribution in [3.8, 4) is 0 Å². The molecule has 0 aromatic carbocycles. The van der Waals surface area contributed by atoms with Gasteiger partial charge in [0.1, 0.15) is 0 Å². The van der Waals surface area contributed by atoms with E-state index in [0.29, 0.717) is 11.8 Å². The quantitative estimate of drug-likeness (QED) is 0.755. The molecule has 1 aliphatic rings. The summed E-state index contributed by atoms with van der Waals surface area (Å²) in [5.74, 6) is 0.796. The minimum Gasteiger partial charge on any atom is -0.368 e. The van der Waals surface area contributed by atoms with Crippen molar-refractivity contribution in [2.75, 3.05) is 0 Å². The van der Waals surface area contributed by atoms with Crippen molar-refractivity contribution >= 4 is 0 Å². The van der Waals surface area contributed by atoms with E-state index in [-0.39, 0.29) is 50.2 Å². The molecule has 3 heteroatoms. The zero-order valence-corrected chi connectivity index (χ0v) is 12.2. The number of hydrogen-bond donors (Lipinski definition) is 1. The molecule has 1 saturated heterocycles. The number of ether oxygens (including phenoxy) is 1. The first-order valence-corrected chi connectivity index (χ1v) is 4.00. The van der Waals surface area contributed by atoms with Gasteiger partial charge in [-0.25, -0.2) is 0 Å². The molecule has 11 heavy (non-hydrogen) atoms. The maximum atomic E-state index is 9.25. The van der Waals surface area contributed by atoms with E-state index in [1.807, 2.05) is 6.92 Å². The normalized spacial score (nSPS) is 43.6. The van der Waals surface area contributed by atoms with Crippen LogP contribution in [0.1, 0.15) is 27.2 Å². The first-order chi connectivity index (χ1) is 4.66. The zero-order valence-electron chi connectivity index (χ0n) is 7.45. The molecule has 4 atom stereocenters. The summed E-state index contributed by atoms with van der Waals surface area (Å²) in [7, 11) is 0. The van der Waals surface area contributed by atoms with Crippen molar-refractivity contribution in [2.45, 2.75) is 39.6 Å². The molecule has 1 aliphatic heterocycles. The first kappa shape index (κ1) is 12.4. The average Bonchev–Trinajstić information content (AvgIpc) is 2.17. The molecule has 0 aliphatic carbocycles. The third kappa shape index (κ3) is 2.66. The van der Waals surface area contributed by atoms with Gasteiger partial charge in [0.25, 0.3) is 0 Å². The van der Waals surface area contributed by atoms with Crippen LogP contribution in [-0.4, -0.2) is 17.5 Å². The van der Waals surface area contributed by atoms with Crippen molar-refractivity contribution in [1.29, 1.82) is 0 Å². The number of hydrogen-bond acceptors (Lipinski definition) is 2. The maximum absolute atomic E-state index is 9.25. The summed E-state index contributed by atoms with van der Waals surface area (Å²) >= 11 is 0. The first-order valence-electron chi connectivity index (χ1n) is 4.00. The van der Waals surface area contributed by atoms with Gasteiger partial charge >= 0.3 is 0 Å². The second-order valence-electron chi connectivity index (χ2n) is 3.19. The molecular weight excluding hydrogens is 355 g/mol. The molecule has 1 radical (unpaired) electrons. The molecule has 0 amide bonds. The second-order valence-corrected chi connectivity index (χ2v) is 3.19. The van der Waals surface area contributed by atoms with E-state index >= 15 is 0 Å². The number of aliphatic hydroxyl groups is 1. The van der Waals surface area contributed by atoms with Crippen LogP contribution in [-0.2, 0) is 4.74 Å². The van der Waals surface area contributed by atoms with Gasteiger partial charge in [0.2, 0.25) is 0 Å². The Bertz CT molecular complexity index is 119. The van der Waals surface area contributed by atoms with Crippen molar-refractivity contribution in [3.63, 3.8) is 0 Å². The Morgan fingerprint density at radius 2 is 1.82 bits per heavy atom. The van der Waals surface area contributed by atoms with Crippen LogP contribution in [0.15, 0.2) is 0 Å². The summed E-state index contributed by atoms with van der Waals surface area (Å²) in [5, 5.41) is 9.25. The largest absolute Gasteiger partial charge is 0.368 e. The summed E-state index contributed by atoms with van der Waals surface area (Å²) in [4.78, 5) is 0. The number of rotatable bonds is 1. The standard InChI is InChI=1S/C8H16O2.Ac/c1-4-7-5(2)6(3)8(9)10-7;/h5-9H,4H2,1-3H3;/t5?,6?,7-,8-;/m0./s1. The summed E-state index contributed by atoms with van der Waals surface area (Å²) in [6.45, 7) is 6.26. The fraction of sp³-hybridized carbons (Fsp3) is 1.00. The van der Waals surface area contributed by atoms with E-state index in [4.69, 9.17) is 4.74 Å². The van der Waals surface area contributed by atoms with Crippen LogP contribution in [0.2, 0.25) is 0 Å².